The Bertz CT molecular complexity index is 816. The molecule has 0 bridgehead atoms. The first-order chi connectivity index (χ1) is 10.9. The van der Waals surface area contributed by atoms with Crippen LogP contribution < -0.4 is 0 Å². The Morgan fingerprint density at radius 3 is 2.64 bits per heavy atom. The van der Waals surface area contributed by atoms with E-state index in [2.05, 4.69) is 27.8 Å². The smallest absolute Gasteiger partial charge is 0.150 e. The first kappa shape index (κ1) is 13.0. The summed E-state index contributed by atoms with van der Waals surface area (Å²) in [7, 11) is 0. The highest BCUT2D eigenvalue weighted by Crippen LogP contribution is 2.42. The average molecular weight is 288 g/mol. The van der Waals surface area contributed by atoms with Crippen LogP contribution in [0.5, 0.6) is 0 Å². The second kappa shape index (κ2) is 5.26. The molecule has 1 aliphatic rings. The van der Waals surface area contributed by atoms with Gasteiger partial charge in [-0.05, 0) is 42.5 Å². The van der Waals surface area contributed by atoms with E-state index in [1.807, 2.05) is 42.7 Å². The number of imidazole rings is 1. The third-order valence-corrected chi connectivity index (χ3v) is 4.17. The minimum Gasteiger partial charge on any atom is -0.300 e. The van der Waals surface area contributed by atoms with Crippen molar-refractivity contribution in [3.63, 3.8) is 0 Å². The molecule has 108 valence electrons. The van der Waals surface area contributed by atoms with Gasteiger partial charge >= 0.3 is 0 Å². The number of hydrogen-bond acceptors (Lipinski definition) is 2. The fourth-order valence-corrected chi connectivity index (χ4v) is 2.88. The van der Waals surface area contributed by atoms with Crippen molar-refractivity contribution >= 4 is 6.29 Å². The molecule has 0 radical (unpaired) electrons. The van der Waals surface area contributed by atoms with Gasteiger partial charge in [0.25, 0.3) is 0 Å². The highest BCUT2D eigenvalue weighted by molar-refractivity contribution is 5.79. The van der Waals surface area contributed by atoms with Gasteiger partial charge in [0, 0.05) is 29.2 Å². The van der Waals surface area contributed by atoms with Crippen molar-refractivity contribution in [2.75, 3.05) is 0 Å². The van der Waals surface area contributed by atoms with Gasteiger partial charge in [0.15, 0.2) is 0 Å². The SMILES string of the molecule is O=Cc1ccc(-n2ccnc2-c2ccccc2)cc1C1CC1. The van der Waals surface area contributed by atoms with Crippen LogP contribution in [0.3, 0.4) is 0 Å². The van der Waals surface area contributed by atoms with Gasteiger partial charge in [0.1, 0.15) is 12.1 Å². The summed E-state index contributed by atoms with van der Waals surface area (Å²) in [5.74, 6) is 1.46. The van der Waals surface area contributed by atoms with Gasteiger partial charge in [0.2, 0.25) is 0 Å². The minimum absolute atomic E-state index is 0.545. The van der Waals surface area contributed by atoms with E-state index in [1.165, 1.54) is 18.4 Å². The number of aldehydes is 1. The number of carbonyl (C=O) groups excluding carboxylic acids is 1. The lowest BCUT2D eigenvalue weighted by Crippen LogP contribution is -1.99. The molecule has 2 aromatic carbocycles. The maximum absolute atomic E-state index is 11.2. The van der Waals surface area contributed by atoms with Crippen molar-refractivity contribution in [2.45, 2.75) is 18.8 Å². The molecule has 1 aromatic heterocycles. The van der Waals surface area contributed by atoms with Gasteiger partial charge in [0.05, 0.1) is 0 Å². The predicted octanol–water partition coefficient (Wildman–Crippen LogP) is 4.23. The molecule has 1 heterocycles. The van der Waals surface area contributed by atoms with Crippen molar-refractivity contribution in [1.29, 1.82) is 0 Å². The van der Waals surface area contributed by atoms with Gasteiger partial charge < -0.3 is 0 Å². The minimum atomic E-state index is 0.545. The Hall–Kier alpha value is -2.68. The van der Waals surface area contributed by atoms with Crippen molar-refractivity contribution < 1.29 is 4.79 Å². The van der Waals surface area contributed by atoms with Gasteiger partial charge in [-0.1, -0.05) is 30.3 Å². The Morgan fingerprint density at radius 2 is 1.91 bits per heavy atom. The topological polar surface area (TPSA) is 34.9 Å². The number of rotatable bonds is 4. The molecule has 0 atom stereocenters. The lowest BCUT2D eigenvalue weighted by molar-refractivity contribution is 0.112. The van der Waals surface area contributed by atoms with Gasteiger partial charge in [-0.2, -0.15) is 0 Å². The number of benzene rings is 2. The number of aromatic nitrogens is 2. The fraction of sp³-hybridized carbons (Fsp3) is 0.158. The number of carbonyl (C=O) groups is 1. The lowest BCUT2D eigenvalue weighted by Gasteiger charge is -2.11. The van der Waals surface area contributed by atoms with E-state index in [0.29, 0.717) is 5.92 Å². The molecule has 3 aromatic rings. The molecule has 0 aliphatic heterocycles. The quantitative estimate of drug-likeness (QED) is 0.673. The van der Waals surface area contributed by atoms with E-state index >= 15 is 0 Å². The summed E-state index contributed by atoms with van der Waals surface area (Å²) in [5.41, 5.74) is 4.12. The van der Waals surface area contributed by atoms with Crippen LogP contribution >= 0.6 is 0 Å². The molecule has 1 saturated carbocycles. The van der Waals surface area contributed by atoms with Gasteiger partial charge in [-0.3, -0.25) is 9.36 Å². The summed E-state index contributed by atoms with van der Waals surface area (Å²) in [6.45, 7) is 0. The monoisotopic (exact) mass is 288 g/mol. The molecule has 1 aliphatic carbocycles. The first-order valence-electron chi connectivity index (χ1n) is 7.55. The fourth-order valence-electron chi connectivity index (χ4n) is 2.88. The van der Waals surface area contributed by atoms with Crippen molar-refractivity contribution in [2.24, 2.45) is 0 Å². The summed E-state index contributed by atoms with van der Waals surface area (Å²) >= 11 is 0. The van der Waals surface area contributed by atoms with Crippen LogP contribution in [0.1, 0.15) is 34.7 Å². The van der Waals surface area contributed by atoms with Crippen LogP contribution in [0.25, 0.3) is 17.1 Å². The third-order valence-electron chi connectivity index (χ3n) is 4.17. The van der Waals surface area contributed by atoms with Crippen molar-refractivity contribution in [1.82, 2.24) is 9.55 Å². The van der Waals surface area contributed by atoms with E-state index in [1.54, 1.807) is 0 Å². The van der Waals surface area contributed by atoms with Crippen molar-refractivity contribution in [3.05, 3.63) is 72.1 Å². The van der Waals surface area contributed by atoms with E-state index in [9.17, 15) is 4.79 Å². The maximum atomic E-state index is 11.2. The van der Waals surface area contributed by atoms with E-state index in [4.69, 9.17) is 0 Å². The Kier molecular flexibility index (Phi) is 3.11. The zero-order valence-corrected chi connectivity index (χ0v) is 12.1. The molecule has 1 fully saturated rings. The average Bonchev–Trinajstić information content (AvgIpc) is 3.31. The van der Waals surface area contributed by atoms with E-state index in [-0.39, 0.29) is 0 Å². The zero-order chi connectivity index (χ0) is 14.9. The van der Waals surface area contributed by atoms with E-state index in [0.717, 1.165) is 28.9 Å². The normalized spacial score (nSPS) is 14.0. The number of nitrogens with zero attached hydrogens (tertiary/aromatic N) is 2. The first-order valence-corrected chi connectivity index (χ1v) is 7.55. The highest BCUT2D eigenvalue weighted by atomic mass is 16.1. The molecule has 0 unspecified atom stereocenters. The molecule has 0 amide bonds. The van der Waals surface area contributed by atoms with Crippen LogP contribution in [0, 0.1) is 0 Å². The zero-order valence-electron chi connectivity index (χ0n) is 12.1. The standard InChI is InChI=1S/C19H16N2O/c22-13-16-8-9-17(12-18(16)14-6-7-14)21-11-10-20-19(21)15-4-2-1-3-5-15/h1-5,8-14H,6-7H2. The second-order valence-electron chi connectivity index (χ2n) is 5.69. The number of hydrogen-bond donors (Lipinski definition) is 0. The molecule has 22 heavy (non-hydrogen) atoms. The molecule has 0 spiro atoms. The molecule has 0 N–H and O–H groups in total. The summed E-state index contributed by atoms with van der Waals surface area (Å²) in [5, 5.41) is 0. The summed E-state index contributed by atoms with van der Waals surface area (Å²) in [6, 6.07) is 16.2. The lowest BCUT2D eigenvalue weighted by atomic mass is 10.0. The van der Waals surface area contributed by atoms with Crippen molar-refractivity contribution in [3.8, 4) is 17.1 Å². The predicted molar refractivity (Wildman–Crippen MR) is 86.4 cm³/mol. The van der Waals surface area contributed by atoms with Gasteiger partial charge in [-0.25, -0.2) is 4.98 Å². The molecular formula is C19H16N2O. The molecular weight excluding hydrogens is 272 g/mol. The molecule has 4 rings (SSSR count). The summed E-state index contributed by atoms with van der Waals surface area (Å²) in [4.78, 5) is 15.7. The Balaban J connectivity index is 1.82. The highest BCUT2D eigenvalue weighted by Gasteiger charge is 2.26. The molecule has 3 nitrogen and oxygen atoms in total. The van der Waals surface area contributed by atoms with Crippen LogP contribution in [0.2, 0.25) is 0 Å². The van der Waals surface area contributed by atoms with E-state index < -0.39 is 0 Å². The van der Waals surface area contributed by atoms with Crippen LogP contribution in [-0.2, 0) is 0 Å². The third kappa shape index (κ3) is 2.25. The maximum Gasteiger partial charge on any atom is 0.150 e. The van der Waals surface area contributed by atoms with Crippen LogP contribution in [0.4, 0.5) is 0 Å². The Morgan fingerprint density at radius 1 is 1.09 bits per heavy atom. The molecule has 3 heteroatoms. The van der Waals surface area contributed by atoms with Crippen LogP contribution in [0.15, 0.2) is 60.9 Å². The second-order valence-corrected chi connectivity index (χ2v) is 5.69. The van der Waals surface area contributed by atoms with Crippen LogP contribution in [-0.4, -0.2) is 15.8 Å². The van der Waals surface area contributed by atoms with Gasteiger partial charge in [-0.15, -0.1) is 0 Å². The molecule has 0 saturated heterocycles. The summed E-state index contributed by atoms with van der Waals surface area (Å²) < 4.78 is 2.08. The largest absolute Gasteiger partial charge is 0.300 e. The summed E-state index contributed by atoms with van der Waals surface area (Å²) in [6.07, 6.45) is 7.10. The Labute approximate surface area is 129 Å².